The SMILES string of the molecule is CCCCC(CC)CNS(=O)(=O)c1ccc(CNCC)o1. The molecular weight excluding hydrogens is 288 g/mol. The van der Waals surface area contributed by atoms with Crippen molar-refractivity contribution in [3.63, 3.8) is 0 Å². The Balaban J connectivity index is 2.57. The Bertz CT molecular complexity index is 497. The van der Waals surface area contributed by atoms with Crippen LogP contribution in [0.5, 0.6) is 0 Å². The molecule has 0 aliphatic carbocycles. The van der Waals surface area contributed by atoms with Crippen LogP contribution in [0.4, 0.5) is 0 Å². The molecule has 0 aliphatic heterocycles. The van der Waals surface area contributed by atoms with E-state index in [0.717, 1.165) is 32.2 Å². The van der Waals surface area contributed by atoms with Crippen LogP contribution in [0.1, 0.15) is 52.2 Å². The molecular formula is C15H28N2O3S. The third kappa shape index (κ3) is 6.20. The van der Waals surface area contributed by atoms with E-state index in [9.17, 15) is 8.42 Å². The summed E-state index contributed by atoms with van der Waals surface area (Å²) in [6.07, 6.45) is 4.30. The van der Waals surface area contributed by atoms with Gasteiger partial charge in [0.15, 0.2) is 0 Å². The Kier molecular flexibility index (Phi) is 8.00. The van der Waals surface area contributed by atoms with Crippen molar-refractivity contribution in [3.05, 3.63) is 17.9 Å². The molecule has 1 unspecified atom stereocenters. The maximum atomic E-state index is 12.2. The summed E-state index contributed by atoms with van der Waals surface area (Å²) in [7, 11) is -3.54. The molecule has 6 heteroatoms. The van der Waals surface area contributed by atoms with E-state index >= 15 is 0 Å². The van der Waals surface area contributed by atoms with Crippen molar-refractivity contribution in [2.45, 2.75) is 58.1 Å². The fourth-order valence-corrected chi connectivity index (χ4v) is 3.15. The van der Waals surface area contributed by atoms with E-state index in [1.807, 2.05) is 6.92 Å². The minimum absolute atomic E-state index is 0.000692. The number of rotatable bonds is 11. The van der Waals surface area contributed by atoms with Crippen LogP contribution in [0, 0.1) is 5.92 Å². The molecule has 1 atom stereocenters. The summed E-state index contributed by atoms with van der Waals surface area (Å²) in [6.45, 7) is 8.06. The fraction of sp³-hybridized carbons (Fsp3) is 0.733. The topological polar surface area (TPSA) is 71.3 Å². The first-order valence-electron chi connectivity index (χ1n) is 7.82. The highest BCUT2D eigenvalue weighted by Crippen LogP contribution is 2.16. The largest absolute Gasteiger partial charge is 0.447 e. The van der Waals surface area contributed by atoms with Gasteiger partial charge in [-0.2, -0.15) is 0 Å². The first-order valence-corrected chi connectivity index (χ1v) is 9.30. The van der Waals surface area contributed by atoms with Gasteiger partial charge in [0.05, 0.1) is 6.54 Å². The molecule has 0 aliphatic rings. The minimum Gasteiger partial charge on any atom is -0.447 e. The Hall–Kier alpha value is -0.850. The summed E-state index contributed by atoms with van der Waals surface area (Å²) < 4.78 is 32.4. The van der Waals surface area contributed by atoms with Gasteiger partial charge in [-0.1, -0.05) is 40.0 Å². The molecule has 5 nitrogen and oxygen atoms in total. The van der Waals surface area contributed by atoms with Gasteiger partial charge in [-0.15, -0.1) is 0 Å². The zero-order chi connectivity index (χ0) is 15.7. The summed E-state index contributed by atoms with van der Waals surface area (Å²) in [5.41, 5.74) is 0. The van der Waals surface area contributed by atoms with E-state index in [2.05, 4.69) is 23.9 Å². The average Bonchev–Trinajstić information content (AvgIpc) is 2.95. The molecule has 0 saturated carbocycles. The first-order chi connectivity index (χ1) is 10.0. The van der Waals surface area contributed by atoms with Gasteiger partial charge in [0.1, 0.15) is 5.76 Å². The molecule has 0 bridgehead atoms. The van der Waals surface area contributed by atoms with Gasteiger partial charge in [-0.3, -0.25) is 0 Å². The van der Waals surface area contributed by atoms with Crippen LogP contribution in [0.25, 0.3) is 0 Å². The summed E-state index contributed by atoms with van der Waals surface area (Å²) in [5.74, 6) is 1.02. The van der Waals surface area contributed by atoms with Crippen molar-refractivity contribution in [2.75, 3.05) is 13.1 Å². The Morgan fingerprint density at radius 3 is 2.62 bits per heavy atom. The molecule has 0 spiro atoms. The summed E-state index contributed by atoms with van der Waals surface area (Å²) in [4.78, 5) is 0. The number of hydrogen-bond donors (Lipinski definition) is 2. The fourth-order valence-electron chi connectivity index (χ4n) is 2.09. The first kappa shape index (κ1) is 18.2. The summed E-state index contributed by atoms with van der Waals surface area (Å²) >= 11 is 0. The lowest BCUT2D eigenvalue weighted by Crippen LogP contribution is -2.29. The lowest BCUT2D eigenvalue weighted by Gasteiger charge is -2.14. The van der Waals surface area contributed by atoms with Crippen molar-refractivity contribution in [2.24, 2.45) is 5.92 Å². The van der Waals surface area contributed by atoms with E-state index in [-0.39, 0.29) is 5.09 Å². The third-order valence-electron chi connectivity index (χ3n) is 3.56. The standard InChI is InChI=1S/C15H28N2O3S/c1-4-7-8-13(5-2)11-17-21(18,19)15-10-9-14(20-15)12-16-6-3/h9-10,13,16-17H,4-8,11-12H2,1-3H3. The second kappa shape index (κ2) is 9.23. The summed E-state index contributed by atoms with van der Waals surface area (Å²) in [5, 5.41) is 3.10. The van der Waals surface area contributed by atoms with E-state index < -0.39 is 10.0 Å². The highest BCUT2D eigenvalue weighted by Gasteiger charge is 2.20. The molecule has 2 N–H and O–H groups in total. The van der Waals surface area contributed by atoms with Crippen molar-refractivity contribution in [1.29, 1.82) is 0 Å². The molecule has 1 rings (SSSR count). The molecule has 0 amide bonds. The van der Waals surface area contributed by atoms with Gasteiger partial charge in [0, 0.05) is 6.54 Å². The van der Waals surface area contributed by atoms with Crippen LogP contribution in [0.2, 0.25) is 0 Å². The molecule has 21 heavy (non-hydrogen) atoms. The number of hydrogen-bond acceptors (Lipinski definition) is 4. The maximum absolute atomic E-state index is 12.2. The van der Waals surface area contributed by atoms with Gasteiger partial charge in [0.2, 0.25) is 5.09 Å². The van der Waals surface area contributed by atoms with Gasteiger partial charge in [-0.05, 0) is 31.0 Å². The monoisotopic (exact) mass is 316 g/mol. The molecule has 122 valence electrons. The van der Waals surface area contributed by atoms with Crippen LogP contribution in [0.15, 0.2) is 21.6 Å². The van der Waals surface area contributed by atoms with Crippen LogP contribution in [-0.4, -0.2) is 21.5 Å². The van der Waals surface area contributed by atoms with Gasteiger partial charge in [0.25, 0.3) is 10.0 Å². The Morgan fingerprint density at radius 1 is 1.24 bits per heavy atom. The number of sulfonamides is 1. The van der Waals surface area contributed by atoms with Crippen LogP contribution in [0.3, 0.4) is 0 Å². The maximum Gasteiger partial charge on any atom is 0.273 e. The van der Waals surface area contributed by atoms with Gasteiger partial charge >= 0.3 is 0 Å². The second-order valence-electron chi connectivity index (χ2n) is 5.27. The molecule has 0 saturated heterocycles. The number of unbranched alkanes of at least 4 members (excludes halogenated alkanes) is 1. The van der Waals surface area contributed by atoms with Crippen molar-refractivity contribution >= 4 is 10.0 Å². The molecule has 1 aromatic rings. The molecule has 0 aromatic carbocycles. The molecule has 0 fully saturated rings. The van der Waals surface area contributed by atoms with Gasteiger partial charge < -0.3 is 9.73 Å². The quantitative estimate of drug-likeness (QED) is 0.658. The zero-order valence-corrected chi connectivity index (χ0v) is 14.1. The van der Waals surface area contributed by atoms with E-state index in [4.69, 9.17) is 4.42 Å². The van der Waals surface area contributed by atoms with Crippen molar-refractivity contribution in [1.82, 2.24) is 10.0 Å². The lowest BCUT2D eigenvalue weighted by molar-refractivity contribution is 0.396. The normalized spacial score (nSPS) is 13.5. The third-order valence-corrected chi connectivity index (χ3v) is 4.85. The molecule has 1 heterocycles. The highest BCUT2D eigenvalue weighted by atomic mass is 32.2. The molecule has 0 radical (unpaired) electrons. The predicted molar refractivity (Wildman–Crippen MR) is 84.6 cm³/mol. The van der Waals surface area contributed by atoms with E-state index in [0.29, 0.717) is 24.8 Å². The summed E-state index contributed by atoms with van der Waals surface area (Å²) in [6, 6.07) is 3.22. The molecule has 1 aromatic heterocycles. The van der Waals surface area contributed by atoms with E-state index in [1.165, 1.54) is 6.07 Å². The smallest absolute Gasteiger partial charge is 0.273 e. The zero-order valence-electron chi connectivity index (χ0n) is 13.3. The van der Waals surface area contributed by atoms with Crippen molar-refractivity contribution in [3.8, 4) is 0 Å². The van der Waals surface area contributed by atoms with Crippen LogP contribution >= 0.6 is 0 Å². The lowest BCUT2D eigenvalue weighted by atomic mass is 10.00. The highest BCUT2D eigenvalue weighted by molar-refractivity contribution is 7.89. The number of nitrogens with one attached hydrogen (secondary N) is 2. The predicted octanol–water partition coefficient (Wildman–Crippen LogP) is 2.88. The Labute approximate surface area is 128 Å². The van der Waals surface area contributed by atoms with Gasteiger partial charge in [-0.25, -0.2) is 13.1 Å². The minimum atomic E-state index is -3.54. The Morgan fingerprint density at radius 2 is 2.00 bits per heavy atom. The van der Waals surface area contributed by atoms with E-state index in [1.54, 1.807) is 6.07 Å². The average molecular weight is 316 g/mol. The number of furan rings is 1. The van der Waals surface area contributed by atoms with Crippen LogP contribution < -0.4 is 10.0 Å². The van der Waals surface area contributed by atoms with Crippen molar-refractivity contribution < 1.29 is 12.8 Å². The second-order valence-corrected chi connectivity index (χ2v) is 6.97. The van der Waals surface area contributed by atoms with Crippen LogP contribution in [-0.2, 0) is 16.6 Å².